The molecule has 1 heterocycles. The topological polar surface area (TPSA) is 67.4 Å². The van der Waals surface area contributed by atoms with Crippen molar-refractivity contribution in [1.29, 1.82) is 0 Å². The van der Waals surface area contributed by atoms with Gasteiger partial charge in [0.05, 0.1) is 17.6 Å². The number of nitrogens with one attached hydrogen (secondary N) is 2. The minimum atomic E-state index is -0.408. The molecule has 5 nitrogen and oxygen atoms in total. The highest BCUT2D eigenvalue weighted by Gasteiger charge is 2.21. The number of methoxy groups -OCH3 is 1. The zero-order chi connectivity index (χ0) is 18.0. The molecule has 2 aromatic rings. The lowest BCUT2D eigenvalue weighted by molar-refractivity contribution is 0.0848. The van der Waals surface area contributed by atoms with Crippen LogP contribution in [-0.2, 0) is 12.8 Å². The fourth-order valence-corrected chi connectivity index (χ4v) is 4.40. The largest absolute Gasteiger partial charge is 0.497 e. The molecule has 1 aromatic carbocycles. The van der Waals surface area contributed by atoms with Crippen LogP contribution in [0.4, 0.5) is 0 Å². The summed E-state index contributed by atoms with van der Waals surface area (Å²) in [7, 11) is 1.53. The number of carbonyl (C=O) groups excluding carboxylic acids is 2. The van der Waals surface area contributed by atoms with Crippen molar-refractivity contribution in [3.05, 3.63) is 49.6 Å². The Labute approximate surface area is 158 Å². The molecule has 0 bridgehead atoms. The van der Waals surface area contributed by atoms with Crippen LogP contribution in [0, 0.1) is 5.92 Å². The zero-order valence-electron chi connectivity index (χ0n) is 14.0. The first kappa shape index (κ1) is 17.9. The van der Waals surface area contributed by atoms with Crippen LogP contribution in [0.25, 0.3) is 0 Å². The molecule has 1 aliphatic rings. The Bertz CT molecular complexity index is 819. The van der Waals surface area contributed by atoms with Gasteiger partial charge in [0.15, 0.2) is 0 Å². The number of aryl methyl sites for hydroxylation is 1. The molecule has 1 atom stereocenters. The van der Waals surface area contributed by atoms with E-state index in [1.807, 2.05) is 6.07 Å². The van der Waals surface area contributed by atoms with E-state index in [9.17, 15) is 9.59 Å². The van der Waals surface area contributed by atoms with Crippen molar-refractivity contribution < 1.29 is 14.3 Å². The molecule has 2 N–H and O–H groups in total. The normalized spacial score (nSPS) is 16.0. The van der Waals surface area contributed by atoms with E-state index in [1.165, 1.54) is 28.9 Å². The maximum atomic E-state index is 12.3. The van der Waals surface area contributed by atoms with Crippen molar-refractivity contribution in [3.8, 4) is 5.75 Å². The average molecular weight is 423 g/mol. The van der Waals surface area contributed by atoms with Crippen LogP contribution >= 0.6 is 27.3 Å². The SMILES string of the molecule is COc1ccc(Br)c(C(=O)NNC(=O)c2cc3c(s2)CCC(C)C3)c1. The summed E-state index contributed by atoms with van der Waals surface area (Å²) < 4.78 is 5.75. The Morgan fingerprint density at radius 3 is 2.76 bits per heavy atom. The number of hydrogen-bond acceptors (Lipinski definition) is 4. The molecule has 2 amide bonds. The molecular weight excluding hydrogens is 404 g/mol. The highest BCUT2D eigenvalue weighted by atomic mass is 79.9. The van der Waals surface area contributed by atoms with Crippen molar-refractivity contribution in [2.75, 3.05) is 7.11 Å². The van der Waals surface area contributed by atoms with E-state index in [0.29, 0.717) is 26.6 Å². The number of hydrogen-bond donors (Lipinski definition) is 2. The van der Waals surface area contributed by atoms with Crippen LogP contribution in [0.1, 0.15) is 43.8 Å². The van der Waals surface area contributed by atoms with Gasteiger partial charge in [-0.05, 0) is 70.9 Å². The van der Waals surface area contributed by atoms with Crippen LogP contribution in [-0.4, -0.2) is 18.9 Å². The van der Waals surface area contributed by atoms with Crippen LogP contribution in [0.2, 0.25) is 0 Å². The van der Waals surface area contributed by atoms with Gasteiger partial charge in [-0.25, -0.2) is 0 Å². The summed E-state index contributed by atoms with van der Waals surface area (Å²) in [6.45, 7) is 2.23. The Hall–Kier alpha value is -1.86. The molecule has 1 unspecified atom stereocenters. The zero-order valence-corrected chi connectivity index (χ0v) is 16.4. The predicted molar refractivity (Wildman–Crippen MR) is 101 cm³/mol. The molecule has 0 spiro atoms. The van der Waals surface area contributed by atoms with Crippen molar-refractivity contribution in [1.82, 2.24) is 10.9 Å². The number of fused-ring (bicyclic) bond motifs is 1. The number of benzene rings is 1. The van der Waals surface area contributed by atoms with Gasteiger partial charge >= 0.3 is 0 Å². The molecule has 0 fully saturated rings. The average Bonchev–Trinajstić information content (AvgIpc) is 3.03. The molecule has 1 aliphatic carbocycles. The number of rotatable bonds is 3. The first-order valence-electron chi connectivity index (χ1n) is 8.03. The standard InChI is InChI=1S/C18H19BrN2O3S/c1-10-3-6-15-11(7-10)8-16(25-15)18(23)21-20-17(22)13-9-12(24-2)4-5-14(13)19/h4-5,8-10H,3,6-7H2,1-2H3,(H,20,22)(H,21,23). The smallest absolute Gasteiger partial charge is 0.279 e. The minimum Gasteiger partial charge on any atom is -0.497 e. The summed E-state index contributed by atoms with van der Waals surface area (Å²) in [5.74, 6) is 0.524. The second kappa shape index (κ2) is 7.58. The molecule has 25 heavy (non-hydrogen) atoms. The van der Waals surface area contributed by atoms with Crippen molar-refractivity contribution in [2.45, 2.75) is 26.2 Å². The summed E-state index contributed by atoms with van der Waals surface area (Å²) in [5, 5.41) is 0. The Morgan fingerprint density at radius 2 is 2.00 bits per heavy atom. The van der Waals surface area contributed by atoms with Gasteiger partial charge in [-0.15, -0.1) is 11.3 Å². The van der Waals surface area contributed by atoms with Crippen LogP contribution in [0.15, 0.2) is 28.7 Å². The Morgan fingerprint density at radius 1 is 1.24 bits per heavy atom. The molecule has 0 saturated heterocycles. The minimum absolute atomic E-state index is 0.292. The fraction of sp³-hybridized carbons (Fsp3) is 0.333. The Kier molecular flexibility index (Phi) is 5.44. The fourth-order valence-electron chi connectivity index (χ4n) is 2.87. The second-order valence-electron chi connectivity index (χ2n) is 6.16. The molecule has 0 aliphatic heterocycles. The van der Waals surface area contributed by atoms with Gasteiger partial charge in [-0.2, -0.15) is 0 Å². The quantitative estimate of drug-likeness (QED) is 0.740. The van der Waals surface area contributed by atoms with Gasteiger partial charge in [0.25, 0.3) is 11.8 Å². The predicted octanol–water partition coefficient (Wildman–Crippen LogP) is 3.72. The number of carbonyl (C=O) groups is 2. The van der Waals surface area contributed by atoms with Gasteiger partial charge < -0.3 is 4.74 Å². The van der Waals surface area contributed by atoms with E-state index >= 15 is 0 Å². The first-order chi connectivity index (χ1) is 12.0. The third-order valence-corrected chi connectivity index (χ3v) is 6.19. The van der Waals surface area contributed by atoms with Crippen LogP contribution in [0.5, 0.6) is 5.75 Å². The molecular formula is C18H19BrN2O3S. The van der Waals surface area contributed by atoms with Gasteiger partial charge in [0, 0.05) is 9.35 Å². The number of hydrazine groups is 1. The third-order valence-electron chi connectivity index (χ3n) is 4.26. The first-order valence-corrected chi connectivity index (χ1v) is 9.64. The highest BCUT2D eigenvalue weighted by Crippen LogP contribution is 2.32. The summed E-state index contributed by atoms with van der Waals surface area (Å²) in [5.41, 5.74) is 6.60. The van der Waals surface area contributed by atoms with E-state index in [2.05, 4.69) is 33.7 Å². The number of ether oxygens (including phenoxy) is 1. The monoisotopic (exact) mass is 422 g/mol. The number of amides is 2. The van der Waals surface area contributed by atoms with Crippen molar-refractivity contribution >= 4 is 39.1 Å². The maximum Gasteiger partial charge on any atom is 0.279 e. The van der Waals surface area contributed by atoms with Gasteiger partial charge in [0.1, 0.15) is 5.75 Å². The van der Waals surface area contributed by atoms with Crippen molar-refractivity contribution in [3.63, 3.8) is 0 Å². The number of thiophene rings is 1. The van der Waals surface area contributed by atoms with Crippen LogP contribution in [0.3, 0.4) is 0 Å². The van der Waals surface area contributed by atoms with E-state index in [4.69, 9.17) is 4.74 Å². The van der Waals surface area contributed by atoms with Crippen LogP contribution < -0.4 is 15.6 Å². The molecule has 132 valence electrons. The lowest BCUT2D eigenvalue weighted by atomic mass is 9.90. The molecule has 7 heteroatoms. The van der Waals surface area contributed by atoms with E-state index < -0.39 is 5.91 Å². The summed E-state index contributed by atoms with van der Waals surface area (Å²) in [6, 6.07) is 7.02. The Balaban J connectivity index is 1.65. The van der Waals surface area contributed by atoms with E-state index in [-0.39, 0.29) is 5.91 Å². The molecule has 0 radical (unpaired) electrons. The summed E-state index contributed by atoms with van der Waals surface area (Å²) in [4.78, 5) is 26.5. The van der Waals surface area contributed by atoms with Crippen molar-refractivity contribution in [2.24, 2.45) is 5.92 Å². The lowest BCUT2D eigenvalue weighted by Crippen LogP contribution is -2.41. The summed E-state index contributed by atoms with van der Waals surface area (Å²) >= 11 is 4.84. The van der Waals surface area contributed by atoms with E-state index in [0.717, 1.165) is 19.3 Å². The summed E-state index contributed by atoms with van der Waals surface area (Å²) in [6.07, 6.45) is 3.20. The molecule has 1 aromatic heterocycles. The highest BCUT2D eigenvalue weighted by molar-refractivity contribution is 9.10. The van der Waals surface area contributed by atoms with Gasteiger partial charge in [-0.3, -0.25) is 20.4 Å². The lowest BCUT2D eigenvalue weighted by Gasteiger charge is -2.16. The third kappa shape index (κ3) is 4.04. The van der Waals surface area contributed by atoms with E-state index in [1.54, 1.807) is 18.2 Å². The van der Waals surface area contributed by atoms with Gasteiger partial charge in [-0.1, -0.05) is 6.92 Å². The molecule has 3 rings (SSSR count). The second-order valence-corrected chi connectivity index (χ2v) is 8.15. The van der Waals surface area contributed by atoms with Gasteiger partial charge in [0.2, 0.25) is 0 Å². The molecule has 0 saturated carbocycles. The maximum absolute atomic E-state index is 12.3. The number of halogens is 1.